The van der Waals surface area contributed by atoms with Gasteiger partial charge in [-0.2, -0.15) is 0 Å². The summed E-state index contributed by atoms with van der Waals surface area (Å²) in [6, 6.07) is 34.3. The molecular formula is C51H32N4O. The van der Waals surface area contributed by atoms with Crippen LogP contribution in [0.5, 0.6) is 0 Å². The number of para-hydroxylation sites is 2. The van der Waals surface area contributed by atoms with Crippen molar-refractivity contribution >= 4 is 43.7 Å². The summed E-state index contributed by atoms with van der Waals surface area (Å²) < 4.78 is 106. The molecule has 11 rings (SSSR count). The van der Waals surface area contributed by atoms with Gasteiger partial charge in [0.25, 0.3) is 0 Å². The third-order valence-electron chi connectivity index (χ3n) is 9.88. The average molecular weight is 728 g/mol. The molecule has 3 heterocycles. The van der Waals surface area contributed by atoms with Gasteiger partial charge in [0.2, 0.25) is 0 Å². The van der Waals surface area contributed by atoms with E-state index in [9.17, 15) is 6.85 Å². The highest BCUT2D eigenvalue weighted by Crippen LogP contribution is 2.39. The van der Waals surface area contributed by atoms with Gasteiger partial charge in [-0.1, -0.05) is 158 Å². The van der Waals surface area contributed by atoms with Gasteiger partial charge in [-0.15, -0.1) is 0 Å². The van der Waals surface area contributed by atoms with Gasteiger partial charge in [0.15, 0.2) is 17.5 Å². The van der Waals surface area contributed by atoms with Gasteiger partial charge in [-0.05, 0) is 58.6 Å². The fraction of sp³-hybridized carbons (Fsp3) is 0. The Balaban J connectivity index is 1.17. The molecule has 0 aliphatic heterocycles. The van der Waals surface area contributed by atoms with E-state index in [4.69, 9.17) is 27.6 Å². The maximum atomic E-state index is 9.90. The summed E-state index contributed by atoms with van der Waals surface area (Å²) in [7, 11) is 0. The molecule has 3 aromatic heterocycles. The summed E-state index contributed by atoms with van der Waals surface area (Å²) in [5.74, 6) is 1.21. The zero-order chi connectivity index (χ0) is 46.6. The van der Waals surface area contributed by atoms with Crippen molar-refractivity contribution in [2.75, 3.05) is 0 Å². The summed E-state index contributed by atoms with van der Waals surface area (Å²) in [4.78, 5) is 14.9. The molecule has 262 valence electrons. The van der Waals surface area contributed by atoms with E-state index in [1.165, 1.54) is 0 Å². The Morgan fingerprint density at radius 3 is 1.82 bits per heavy atom. The van der Waals surface area contributed by atoms with Crippen molar-refractivity contribution in [3.05, 3.63) is 194 Å². The number of aromatic nitrogens is 4. The van der Waals surface area contributed by atoms with Gasteiger partial charge in [-0.3, -0.25) is 0 Å². The van der Waals surface area contributed by atoms with Crippen LogP contribution in [0.3, 0.4) is 0 Å². The minimum Gasteiger partial charge on any atom is -0.456 e. The van der Waals surface area contributed by atoms with E-state index < -0.39 is 66.5 Å². The van der Waals surface area contributed by atoms with E-state index in [0.717, 1.165) is 33.0 Å². The smallest absolute Gasteiger partial charge is 0.164 e. The van der Waals surface area contributed by atoms with E-state index in [1.807, 2.05) is 121 Å². The molecule has 5 nitrogen and oxygen atoms in total. The molecule has 11 aromatic rings. The Morgan fingerprint density at radius 2 is 1.02 bits per heavy atom. The SMILES string of the molecule is [2H]c1c([2H])c(-c2c([2H])c([2H])c([2H])c3oc4c([2H])c([2H])c([2H])c([2H])c4c23)c([2H])c(-n2c3ccccc3c3ccc(-c4nc(-c5ccccc5)nc(-c5ccc(-c6ccccc6)cc5)n4)cc32)c1[2H]. The quantitative estimate of drug-likeness (QED) is 0.171. The van der Waals surface area contributed by atoms with Gasteiger partial charge in [0.05, 0.1) is 26.1 Å². The third kappa shape index (κ3) is 5.37. The highest BCUT2D eigenvalue weighted by atomic mass is 16.3. The fourth-order valence-corrected chi connectivity index (χ4v) is 7.26. The number of rotatable bonds is 6. The molecule has 0 N–H and O–H groups in total. The second-order valence-electron chi connectivity index (χ2n) is 13.2. The van der Waals surface area contributed by atoms with Crippen molar-refractivity contribution in [3.63, 3.8) is 0 Å². The predicted octanol–water partition coefficient (Wildman–Crippen LogP) is 13.2. The summed E-state index contributed by atoms with van der Waals surface area (Å²) >= 11 is 0. The standard InChI is InChI=1S/C51H32N4O/c1-3-13-33(14-4-1)34-25-27-36(28-26-34)50-52-49(35-15-5-2-6-16-35)53-51(54-50)38-29-30-42-41-19-7-9-22-44(41)55(45(42)32-38)39-18-11-17-37(31-39)40-21-12-24-47-48(40)43-20-8-10-23-46(43)56-47/h1-32H/i8D,10D,11D,12D,17D,18D,20D,21D,23D,24D,31D. The van der Waals surface area contributed by atoms with Crippen LogP contribution in [-0.2, 0) is 0 Å². The Labute approximate surface area is 338 Å². The number of furan rings is 1. The molecule has 5 heteroatoms. The summed E-state index contributed by atoms with van der Waals surface area (Å²) in [5.41, 5.74) is 3.84. The van der Waals surface area contributed by atoms with E-state index in [1.54, 1.807) is 10.6 Å². The third-order valence-corrected chi connectivity index (χ3v) is 9.88. The first-order valence-electron chi connectivity index (χ1n) is 23.4. The fourth-order valence-electron chi connectivity index (χ4n) is 7.26. The predicted molar refractivity (Wildman–Crippen MR) is 229 cm³/mol. The minimum absolute atomic E-state index is 0.122. The maximum absolute atomic E-state index is 9.90. The Kier molecular flexibility index (Phi) is 5.25. The van der Waals surface area contributed by atoms with Gasteiger partial charge in [0, 0.05) is 43.9 Å². The van der Waals surface area contributed by atoms with Crippen LogP contribution in [0, 0.1) is 0 Å². The molecule has 0 spiro atoms. The lowest BCUT2D eigenvalue weighted by atomic mass is 9.99. The van der Waals surface area contributed by atoms with Crippen molar-refractivity contribution in [1.29, 1.82) is 0 Å². The first-order valence-corrected chi connectivity index (χ1v) is 17.9. The van der Waals surface area contributed by atoms with Gasteiger partial charge >= 0.3 is 0 Å². The van der Waals surface area contributed by atoms with Crippen molar-refractivity contribution < 1.29 is 19.5 Å². The van der Waals surface area contributed by atoms with Gasteiger partial charge in [-0.25, -0.2) is 15.0 Å². The highest BCUT2D eigenvalue weighted by molar-refractivity contribution is 6.13. The van der Waals surface area contributed by atoms with Crippen LogP contribution >= 0.6 is 0 Å². The highest BCUT2D eigenvalue weighted by Gasteiger charge is 2.18. The largest absolute Gasteiger partial charge is 0.456 e. The second-order valence-corrected chi connectivity index (χ2v) is 13.2. The Bertz CT molecular complexity index is 3880. The van der Waals surface area contributed by atoms with Crippen LogP contribution in [0.4, 0.5) is 0 Å². The maximum Gasteiger partial charge on any atom is 0.164 e. The first-order chi connectivity index (χ1) is 32.3. The van der Waals surface area contributed by atoms with Crippen molar-refractivity contribution in [2.24, 2.45) is 0 Å². The molecule has 56 heavy (non-hydrogen) atoms. The molecule has 0 saturated heterocycles. The zero-order valence-electron chi connectivity index (χ0n) is 40.3. The normalized spacial score (nSPS) is 14.3. The molecule has 0 atom stereocenters. The molecule has 0 amide bonds. The van der Waals surface area contributed by atoms with E-state index in [2.05, 4.69) is 0 Å². The Hall–Kier alpha value is -7.63. The molecule has 0 bridgehead atoms. The zero-order valence-corrected chi connectivity index (χ0v) is 29.3. The molecule has 0 aliphatic rings. The van der Waals surface area contributed by atoms with Crippen molar-refractivity contribution in [2.45, 2.75) is 0 Å². The van der Waals surface area contributed by atoms with Gasteiger partial charge < -0.3 is 8.98 Å². The van der Waals surface area contributed by atoms with Crippen LogP contribution < -0.4 is 0 Å². The van der Waals surface area contributed by atoms with E-state index >= 15 is 0 Å². The summed E-state index contributed by atoms with van der Waals surface area (Å²) in [6.07, 6.45) is 0. The lowest BCUT2D eigenvalue weighted by Crippen LogP contribution is -2.00. The summed E-state index contributed by atoms with van der Waals surface area (Å²) in [5, 5.41) is 1.11. The van der Waals surface area contributed by atoms with Crippen LogP contribution in [0.15, 0.2) is 198 Å². The molecule has 0 fully saturated rings. The lowest BCUT2D eigenvalue weighted by Gasteiger charge is -2.12. The number of fused-ring (bicyclic) bond motifs is 6. The molecule has 8 aromatic carbocycles. The molecular weight excluding hydrogens is 685 g/mol. The van der Waals surface area contributed by atoms with Crippen LogP contribution in [0.25, 0.3) is 106 Å². The summed E-state index contributed by atoms with van der Waals surface area (Å²) in [6.45, 7) is 0. The number of hydrogen-bond acceptors (Lipinski definition) is 4. The number of hydrogen-bond donors (Lipinski definition) is 0. The average Bonchev–Trinajstić information content (AvgIpc) is 3.92. The van der Waals surface area contributed by atoms with Crippen molar-refractivity contribution in [3.8, 4) is 62.1 Å². The lowest BCUT2D eigenvalue weighted by molar-refractivity contribution is 0.669. The van der Waals surface area contributed by atoms with Gasteiger partial charge in [0.1, 0.15) is 11.2 Å². The Morgan fingerprint density at radius 1 is 0.429 bits per heavy atom. The van der Waals surface area contributed by atoms with Crippen LogP contribution in [-0.4, -0.2) is 19.5 Å². The van der Waals surface area contributed by atoms with Crippen LogP contribution in [0.2, 0.25) is 0 Å². The van der Waals surface area contributed by atoms with E-state index in [-0.39, 0.29) is 38.8 Å². The number of benzene rings is 8. The molecule has 0 aliphatic carbocycles. The van der Waals surface area contributed by atoms with Crippen LogP contribution in [0.1, 0.15) is 15.1 Å². The topological polar surface area (TPSA) is 56.7 Å². The monoisotopic (exact) mass is 727 g/mol. The van der Waals surface area contributed by atoms with Crippen molar-refractivity contribution in [1.82, 2.24) is 19.5 Å². The number of nitrogens with zero attached hydrogens (tertiary/aromatic N) is 4. The molecule has 0 radical (unpaired) electrons. The minimum atomic E-state index is -0.640. The van der Waals surface area contributed by atoms with E-state index in [0.29, 0.717) is 34.1 Å². The first kappa shape index (κ1) is 22.6. The second kappa shape index (κ2) is 13.0. The molecule has 0 saturated carbocycles. The molecule has 0 unspecified atom stereocenters.